The van der Waals surface area contributed by atoms with Crippen molar-refractivity contribution in [2.24, 2.45) is 0 Å². The second kappa shape index (κ2) is 6.64. The number of aryl methyl sites for hydroxylation is 1. The summed E-state index contributed by atoms with van der Waals surface area (Å²) in [5.41, 5.74) is 2.02. The van der Waals surface area contributed by atoms with Crippen molar-refractivity contribution in [3.63, 3.8) is 0 Å². The average molecular weight is 359 g/mol. The topological polar surface area (TPSA) is 91.1 Å². The lowest BCUT2D eigenvalue weighted by Gasteiger charge is -2.07. The molecule has 2 aromatic heterocycles. The molecular weight excluding hydrogens is 342 g/mol. The quantitative estimate of drug-likeness (QED) is 0.648. The highest BCUT2D eigenvalue weighted by Gasteiger charge is 2.20. The van der Waals surface area contributed by atoms with Crippen LogP contribution < -0.4 is 0 Å². The van der Waals surface area contributed by atoms with Crippen molar-refractivity contribution < 1.29 is 17.9 Å². The summed E-state index contributed by atoms with van der Waals surface area (Å²) in [6, 6.07) is 8.14. The summed E-state index contributed by atoms with van der Waals surface area (Å²) in [5, 5.41) is 0. The minimum Gasteiger partial charge on any atom is -0.466 e. The first-order valence-electron chi connectivity index (χ1n) is 7.72. The highest BCUT2D eigenvalue weighted by Crippen LogP contribution is 2.20. The molecule has 3 aromatic rings. The van der Waals surface area contributed by atoms with E-state index in [-0.39, 0.29) is 17.0 Å². The third-order valence-corrected chi connectivity index (χ3v) is 5.29. The molecule has 0 amide bonds. The van der Waals surface area contributed by atoms with Gasteiger partial charge in [0.25, 0.3) is 10.0 Å². The number of rotatable bonds is 5. The van der Waals surface area contributed by atoms with Crippen LogP contribution >= 0.6 is 0 Å². The molecule has 0 unspecified atom stereocenters. The Bertz CT molecular complexity index is 1020. The van der Waals surface area contributed by atoms with Gasteiger partial charge in [-0.1, -0.05) is 17.7 Å². The van der Waals surface area contributed by atoms with E-state index >= 15 is 0 Å². The summed E-state index contributed by atoms with van der Waals surface area (Å²) in [5.74, 6) is -0.400. The van der Waals surface area contributed by atoms with E-state index in [0.29, 0.717) is 17.8 Å². The van der Waals surface area contributed by atoms with E-state index < -0.39 is 16.0 Å². The maximum absolute atomic E-state index is 12.8. The second-order valence-electron chi connectivity index (χ2n) is 5.48. The molecule has 0 spiro atoms. The fourth-order valence-electron chi connectivity index (χ4n) is 2.39. The van der Waals surface area contributed by atoms with Gasteiger partial charge in [-0.25, -0.2) is 22.4 Å². The van der Waals surface area contributed by atoms with E-state index in [1.807, 2.05) is 6.92 Å². The number of aromatic nitrogens is 3. The van der Waals surface area contributed by atoms with Crippen LogP contribution in [0.1, 0.15) is 18.2 Å². The smallest absolute Gasteiger partial charge is 0.311 e. The normalized spacial score (nSPS) is 11.6. The summed E-state index contributed by atoms with van der Waals surface area (Å²) in [6.07, 6.45) is 2.79. The Morgan fingerprint density at radius 1 is 1.20 bits per heavy atom. The van der Waals surface area contributed by atoms with E-state index in [1.54, 1.807) is 37.3 Å². The number of ether oxygens (including phenoxy) is 1. The van der Waals surface area contributed by atoms with Gasteiger partial charge in [0.15, 0.2) is 5.65 Å². The highest BCUT2D eigenvalue weighted by molar-refractivity contribution is 7.90. The van der Waals surface area contributed by atoms with Crippen LogP contribution in [0.15, 0.2) is 47.6 Å². The molecule has 0 saturated carbocycles. The van der Waals surface area contributed by atoms with Crippen molar-refractivity contribution in [1.29, 1.82) is 0 Å². The number of carbonyl (C=O) groups excluding carboxylic acids is 1. The van der Waals surface area contributed by atoms with Crippen molar-refractivity contribution in [1.82, 2.24) is 13.9 Å². The van der Waals surface area contributed by atoms with Gasteiger partial charge in [0.1, 0.15) is 5.52 Å². The summed E-state index contributed by atoms with van der Waals surface area (Å²) in [6.45, 7) is 3.90. The van der Waals surface area contributed by atoms with Crippen LogP contribution in [0.4, 0.5) is 0 Å². The van der Waals surface area contributed by atoms with Crippen LogP contribution in [0.25, 0.3) is 11.2 Å². The van der Waals surface area contributed by atoms with E-state index in [4.69, 9.17) is 4.74 Å². The first-order valence-corrected chi connectivity index (χ1v) is 9.16. The number of carbonyl (C=O) groups is 1. The molecule has 0 saturated heterocycles. The Kier molecular flexibility index (Phi) is 4.54. The average Bonchev–Trinajstić information content (AvgIpc) is 2.99. The number of esters is 1. The summed E-state index contributed by atoms with van der Waals surface area (Å²) in [4.78, 5) is 20.2. The monoisotopic (exact) mass is 359 g/mol. The third-order valence-electron chi connectivity index (χ3n) is 3.61. The lowest BCUT2D eigenvalue weighted by Crippen LogP contribution is -2.13. The van der Waals surface area contributed by atoms with Crippen molar-refractivity contribution >= 4 is 27.2 Å². The van der Waals surface area contributed by atoms with Gasteiger partial charge in [0.2, 0.25) is 0 Å². The van der Waals surface area contributed by atoms with Gasteiger partial charge in [-0.15, -0.1) is 0 Å². The second-order valence-corrected chi connectivity index (χ2v) is 7.30. The molecule has 2 heterocycles. The summed E-state index contributed by atoms with van der Waals surface area (Å²) >= 11 is 0. The Balaban J connectivity index is 1.98. The van der Waals surface area contributed by atoms with Gasteiger partial charge in [-0.2, -0.15) is 0 Å². The molecule has 0 radical (unpaired) electrons. The number of benzene rings is 1. The lowest BCUT2D eigenvalue weighted by atomic mass is 10.2. The zero-order valence-electron chi connectivity index (χ0n) is 13.8. The molecule has 8 heteroatoms. The first kappa shape index (κ1) is 17.1. The Morgan fingerprint density at radius 3 is 2.60 bits per heavy atom. The predicted octanol–water partition coefficient (Wildman–Crippen LogP) is 2.08. The Morgan fingerprint density at radius 2 is 1.92 bits per heavy atom. The SMILES string of the molecule is CCOC(=O)Cc1cnc2c(ccn2S(=O)(=O)c2ccc(C)cc2)n1. The van der Waals surface area contributed by atoms with Gasteiger partial charge in [0.05, 0.1) is 29.8 Å². The number of hydrogen-bond donors (Lipinski definition) is 0. The van der Waals surface area contributed by atoms with Crippen molar-refractivity contribution in [2.75, 3.05) is 6.61 Å². The van der Waals surface area contributed by atoms with Crippen LogP contribution in [-0.4, -0.2) is 34.9 Å². The highest BCUT2D eigenvalue weighted by atomic mass is 32.2. The molecule has 1 aromatic carbocycles. The maximum atomic E-state index is 12.8. The van der Waals surface area contributed by atoms with E-state index in [0.717, 1.165) is 9.54 Å². The van der Waals surface area contributed by atoms with Crippen molar-refractivity contribution in [3.8, 4) is 0 Å². The van der Waals surface area contributed by atoms with Crippen molar-refractivity contribution in [3.05, 3.63) is 54.0 Å². The maximum Gasteiger partial charge on any atom is 0.311 e. The van der Waals surface area contributed by atoms with Gasteiger partial charge in [-0.05, 0) is 32.0 Å². The fourth-order valence-corrected chi connectivity index (χ4v) is 3.69. The lowest BCUT2D eigenvalue weighted by molar-refractivity contribution is -0.142. The van der Waals surface area contributed by atoms with Gasteiger partial charge in [-0.3, -0.25) is 4.79 Å². The molecule has 7 nitrogen and oxygen atoms in total. The molecule has 130 valence electrons. The minimum atomic E-state index is -3.76. The van der Waals surface area contributed by atoms with Crippen LogP contribution in [0.2, 0.25) is 0 Å². The molecule has 0 bridgehead atoms. The largest absolute Gasteiger partial charge is 0.466 e. The Hall–Kier alpha value is -2.74. The molecule has 25 heavy (non-hydrogen) atoms. The zero-order chi connectivity index (χ0) is 18.0. The standard InChI is InChI=1S/C17H17N3O4S/c1-3-24-16(21)10-13-11-18-17-15(19-13)8-9-20(17)25(22,23)14-6-4-12(2)5-7-14/h4-9,11H,3,10H2,1-2H3. The number of nitrogens with zero attached hydrogens (tertiary/aromatic N) is 3. The zero-order valence-corrected chi connectivity index (χ0v) is 14.7. The number of hydrogen-bond acceptors (Lipinski definition) is 6. The minimum absolute atomic E-state index is 0.00727. The molecule has 0 N–H and O–H groups in total. The van der Waals surface area contributed by atoms with Crippen LogP contribution in [0.3, 0.4) is 0 Å². The van der Waals surface area contributed by atoms with Gasteiger partial charge < -0.3 is 4.74 Å². The molecule has 0 aliphatic carbocycles. The van der Waals surface area contributed by atoms with Crippen LogP contribution in [-0.2, 0) is 26.0 Å². The van der Waals surface area contributed by atoms with E-state index in [1.165, 1.54) is 12.4 Å². The van der Waals surface area contributed by atoms with E-state index in [9.17, 15) is 13.2 Å². The first-order chi connectivity index (χ1) is 11.9. The van der Waals surface area contributed by atoms with Gasteiger partial charge in [0, 0.05) is 6.20 Å². The predicted molar refractivity (Wildman–Crippen MR) is 91.6 cm³/mol. The summed E-state index contributed by atoms with van der Waals surface area (Å²) < 4.78 is 31.5. The third kappa shape index (κ3) is 3.39. The molecular formula is C17H17N3O4S. The molecule has 3 rings (SSSR count). The van der Waals surface area contributed by atoms with E-state index in [2.05, 4.69) is 9.97 Å². The molecule has 0 aliphatic rings. The summed E-state index contributed by atoms with van der Waals surface area (Å²) in [7, 11) is -3.76. The molecule has 0 atom stereocenters. The van der Waals surface area contributed by atoms with Crippen LogP contribution in [0, 0.1) is 6.92 Å². The molecule has 0 fully saturated rings. The van der Waals surface area contributed by atoms with Crippen molar-refractivity contribution in [2.45, 2.75) is 25.2 Å². The number of fused-ring (bicyclic) bond motifs is 1. The van der Waals surface area contributed by atoms with Crippen LogP contribution in [0.5, 0.6) is 0 Å². The molecule has 0 aliphatic heterocycles. The van der Waals surface area contributed by atoms with Gasteiger partial charge >= 0.3 is 5.97 Å². The fraction of sp³-hybridized carbons (Fsp3) is 0.235. The Labute approximate surface area is 145 Å².